The minimum atomic E-state index is -0.269. The maximum Gasteiger partial charge on any atom is 0.149 e. The van der Waals surface area contributed by atoms with Crippen LogP contribution in [0.5, 0.6) is 0 Å². The molecule has 19 heavy (non-hydrogen) atoms. The van der Waals surface area contributed by atoms with E-state index >= 15 is 0 Å². The molecule has 0 radical (unpaired) electrons. The first-order chi connectivity index (χ1) is 9.22. The van der Waals surface area contributed by atoms with E-state index in [9.17, 15) is 4.39 Å². The van der Waals surface area contributed by atoms with Crippen LogP contribution in [0.1, 0.15) is 11.3 Å². The second-order valence-corrected chi connectivity index (χ2v) is 4.32. The van der Waals surface area contributed by atoms with Crippen LogP contribution in [-0.2, 0) is 11.3 Å². The molecule has 0 unspecified atom stereocenters. The molecule has 4 nitrogen and oxygen atoms in total. The highest BCUT2D eigenvalue weighted by Gasteiger charge is 2.11. The molecule has 0 aliphatic carbocycles. The molecule has 0 bridgehead atoms. The highest BCUT2D eigenvalue weighted by Crippen LogP contribution is 2.18. The summed E-state index contributed by atoms with van der Waals surface area (Å²) < 4.78 is 20.6. The first kappa shape index (κ1) is 13.7. The van der Waals surface area contributed by atoms with Crippen LogP contribution in [0.3, 0.4) is 0 Å². The molecule has 0 atom stereocenters. The fourth-order valence-corrected chi connectivity index (χ4v) is 1.90. The molecule has 2 aromatic rings. The van der Waals surface area contributed by atoms with E-state index in [0.717, 1.165) is 17.8 Å². The minimum absolute atomic E-state index is 0.269. The number of rotatable bonds is 6. The largest absolute Gasteiger partial charge is 0.383 e. The van der Waals surface area contributed by atoms with Crippen molar-refractivity contribution < 1.29 is 9.13 Å². The smallest absolute Gasteiger partial charge is 0.149 e. The lowest BCUT2D eigenvalue weighted by molar-refractivity contribution is 0.199. The number of nitrogens with zero attached hydrogens (tertiary/aromatic N) is 2. The van der Waals surface area contributed by atoms with Crippen molar-refractivity contribution in [3.8, 4) is 5.69 Å². The monoisotopic (exact) mass is 263 g/mol. The third-order valence-electron chi connectivity index (χ3n) is 2.82. The Labute approximate surface area is 112 Å². The van der Waals surface area contributed by atoms with E-state index < -0.39 is 0 Å². The third-order valence-corrected chi connectivity index (χ3v) is 2.82. The molecule has 0 fully saturated rings. The number of aromatic nitrogens is 2. The summed E-state index contributed by atoms with van der Waals surface area (Å²) in [6, 6.07) is 6.91. The summed E-state index contributed by atoms with van der Waals surface area (Å²) in [6.07, 6.45) is 1.77. The molecular formula is C14H18FN3O. The van der Waals surface area contributed by atoms with Gasteiger partial charge in [0, 0.05) is 26.4 Å². The zero-order valence-electron chi connectivity index (χ0n) is 11.2. The van der Waals surface area contributed by atoms with Gasteiger partial charge in [-0.05, 0) is 24.6 Å². The Bertz CT molecular complexity index is 539. The number of ether oxygens (including phenoxy) is 1. The Kier molecular flexibility index (Phi) is 4.65. The van der Waals surface area contributed by atoms with Gasteiger partial charge in [-0.2, -0.15) is 5.10 Å². The highest BCUT2D eigenvalue weighted by molar-refractivity contribution is 5.41. The third kappa shape index (κ3) is 3.39. The second kappa shape index (κ2) is 6.45. The number of hydrogen-bond donors (Lipinski definition) is 1. The average Bonchev–Trinajstić information content (AvgIpc) is 2.81. The van der Waals surface area contributed by atoms with Gasteiger partial charge in [-0.25, -0.2) is 9.07 Å². The van der Waals surface area contributed by atoms with Gasteiger partial charge in [-0.15, -0.1) is 0 Å². The molecular weight excluding hydrogens is 245 g/mol. The van der Waals surface area contributed by atoms with Gasteiger partial charge in [0.05, 0.1) is 12.3 Å². The molecule has 0 spiro atoms. The van der Waals surface area contributed by atoms with Crippen LogP contribution in [-0.4, -0.2) is 30.0 Å². The van der Waals surface area contributed by atoms with Gasteiger partial charge in [0.2, 0.25) is 0 Å². The second-order valence-electron chi connectivity index (χ2n) is 4.32. The number of benzene rings is 1. The van der Waals surface area contributed by atoms with E-state index in [4.69, 9.17) is 4.74 Å². The molecule has 0 aliphatic heterocycles. The maximum atomic E-state index is 14.0. The number of methoxy groups -OCH3 is 1. The molecule has 1 aromatic heterocycles. The van der Waals surface area contributed by atoms with Gasteiger partial charge in [0.1, 0.15) is 11.5 Å². The van der Waals surface area contributed by atoms with Crippen molar-refractivity contribution in [3.63, 3.8) is 0 Å². The normalized spacial score (nSPS) is 10.9. The zero-order chi connectivity index (χ0) is 13.7. The van der Waals surface area contributed by atoms with Gasteiger partial charge in [0.15, 0.2) is 0 Å². The summed E-state index contributed by atoms with van der Waals surface area (Å²) >= 11 is 0. The topological polar surface area (TPSA) is 39.1 Å². The van der Waals surface area contributed by atoms with Crippen LogP contribution >= 0.6 is 0 Å². The molecule has 0 saturated heterocycles. The summed E-state index contributed by atoms with van der Waals surface area (Å²) in [5, 5.41) is 7.49. The van der Waals surface area contributed by atoms with E-state index in [2.05, 4.69) is 10.4 Å². The Morgan fingerprint density at radius 1 is 1.37 bits per heavy atom. The molecule has 0 amide bonds. The van der Waals surface area contributed by atoms with Crippen molar-refractivity contribution in [2.45, 2.75) is 13.5 Å². The summed E-state index contributed by atoms with van der Waals surface area (Å²) in [5.74, 6) is -0.269. The van der Waals surface area contributed by atoms with Crippen molar-refractivity contribution in [1.29, 1.82) is 0 Å². The molecule has 0 aliphatic rings. The van der Waals surface area contributed by atoms with Crippen LogP contribution in [0.15, 0.2) is 30.5 Å². The predicted molar refractivity (Wildman–Crippen MR) is 71.8 cm³/mol. The van der Waals surface area contributed by atoms with E-state index in [1.807, 2.05) is 19.1 Å². The molecule has 1 heterocycles. The lowest BCUT2D eigenvalue weighted by Gasteiger charge is -2.11. The van der Waals surface area contributed by atoms with Gasteiger partial charge in [0.25, 0.3) is 0 Å². The lowest BCUT2D eigenvalue weighted by atomic mass is 10.1. The van der Waals surface area contributed by atoms with Crippen LogP contribution < -0.4 is 5.32 Å². The number of para-hydroxylation sites is 1. The Balaban J connectivity index is 2.21. The van der Waals surface area contributed by atoms with E-state index in [1.54, 1.807) is 24.1 Å². The summed E-state index contributed by atoms with van der Waals surface area (Å²) in [6.45, 7) is 3.82. The predicted octanol–water partition coefficient (Wildman–Crippen LogP) is 2.06. The van der Waals surface area contributed by atoms with Crippen LogP contribution in [0.4, 0.5) is 4.39 Å². The highest BCUT2D eigenvalue weighted by atomic mass is 19.1. The van der Waals surface area contributed by atoms with Crippen LogP contribution in [0.2, 0.25) is 0 Å². The first-order valence-electron chi connectivity index (χ1n) is 6.22. The van der Waals surface area contributed by atoms with Crippen molar-refractivity contribution in [2.24, 2.45) is 0 Å². The van der Waals surface area contributed by atoms with E-state index in [-0.39, 0.29) is 5.82 Å². The van der Waals surface area contributed by atoms with Crippen LogP contribution in [0, 0.1) is 12.7 Å². The molecule has 2 rings (SSSR count). The van der Waals surface area contributed by atoms with Crippen molar-refractivity contribution in [1.82, 2.24) is 15.1 Å². The molecule has 102 valence electrons. The van der Waals surface area contributed by atoms with Gasteiger partial charge < -0.3 is 10.1 Å². The Morgan fingerprint density at radius 2 is 2.21 bits per heavy atom. The molecule has 1 N–H and O–H groups in total. The number of hydrogen-bond acceptors (Lipinski definition) is 3. The Morgan fingerprint density at radius 3 is 2.89 bits per heavy atom. The summed E-state index contributed by atoms with van der Waals surface area (Å²) in [7, 11) is 1.65. The molecule has 0 saturated carbocycles. The summed E-state index contributed by atoms with van der Waals surface area (Å²) in [5.41, 5.74) is 2.24. The van der Waals surface area contributed by atoms with Crippen molar-refractivity contribution >= 4 is 0 Å². The standard InChI is InChI=1S/C14H18FN3O/c1-11-6-8-18(17-11)14-12(4-3-5-13(14)15)10-16-7-9-19-2/h3-6,8,16H,7,9-10H2,1-2H3. The van der Waals surface area contributed by atoms with Crippen molar-refractivity contribution in [3.05, 3.63) is 47.5 Å². The molecule has 1 aromatic carbocycles. The minimum Gasteiger partial charge on any atom is -0.383 e. The fourth-order valence-electron chi connectivity index (χ4n) is 1.90. The SMILES string of the molecule is COCCNCc1cccc(F)c1-n1ccc(C)n1. The fraction of sp³-hybridized carbons (Fsp3) is 0.357. The van der Waals surface area contributed by atoms with E-state index in [0.29, 0.717) is 18.8 Å². The van der Waals surface area contributed by atoms with Crippen LogP contribution in [0.25, 0.3) is 5.69 Å². The number of halogens is 1. The van der Waals surface area contributed by atoms with Gasteiger partial charge >= 0.3 is 0 Å². The zero-order valence-corrected chi connectivity index (χ0v) is 11.2. The van der Waals surface area contributed by atoms with Crippen molar-refractivity contribution in [2.75, 3.05) is 20.3 Å². The average molecular weight is 263 g/mol. The first-order valence-corrected chi connectivity index (χ1v) is 6.22. The van der Waals surface area contributed by atoms with Gasteiger partial charge in [-0.1, -0.05) is 12.1 Å². The lowest BCUT2D eigenvalue weighted by Crippen LogP contribution is -2.20. The number of nitrogens with one attached hydrogen (secondary N) is 1. The Hall–Kier alpha value is -1.72. The van der Waals surface area contributed by atoms with E-state index in [1.165, 1.54) is 6.07 Å². The summed E-state index contributed by atoms with van der Waals surface area (Å²) in [4.78, 5) is 0. The quantitative estimate of drug-likeness (QED) is 0.811. The molecule has 5 heteroatoms. The van der Waals surface area contributed by atoms with Gasteiger partial charge in [-0.3, -0.25) is 0 Å². The maximum absolute atomic E-state index is 14.0. The number of aryl methyl sites for hydroxylation is 1.